The fraction of sp³-hybridized carbons (Fsp3) is 0.429. The highest BCUT2D eigenvalue weighted by atomic mass is 16.6. The highest BCUT2D eigenvalue weighted by Crippen LogP contribution is 2.35. The van der Waals surface area contributed by atoms with Gasteiger partial charge in [-0.05, 0) is 29.8 Å². The second kappa shape index (κ2) is 7.38. The van der Waals surface area contributed by atoms with Gasteiger partial charge in [0, 0.05) is 11.6 Å². The van der Waals surface area contributed by atoms with Crippen molar-refractivity contribution in [2.24, 2.45) is 0 Å². The molecule has 3 aliphatic rings. The quantitative estimate of drug-likeness (QED) is 0.599. The minimum Gasteiger partial charge on any atom is -0.491 e. The normalized spacial score (nSPS) is 25.0. The second-order valence-electron chi connectivity index (χ2n) is 6.98. The molecule has 2 aromatic rings. The van der Waals surface area contributed by atoms with Crippen LogP contribution in [0, 0.1) is 0 Å². The van der Waals surface area contributed by atoms with Crippen LogP contribution >= 0.6 is 0 Å². The van der Waals surface area contributed by atoms with Crippen LogP contribution in [0.15, 0.2) is 42.5 Å². The van der Waals surface area contributed by atoms with Crippen molar-refractivity contribution in [1.82, 2.24) is 0 Å². The Hall–Kier alpha value is -2.28. The minimum atomic E-state index is 0.197. The highest BCUT2D eigenvalue weighted by Gasteiger charge is 2.25. The average molecular weight is 370 g/mol. The van der Waals surface area contributed by atoms with E-state index in [0.717, 1.165) is 48.2 Å². The number of benzene rings is 2. The molecule has 0 amide bonds. The molecule has 3 atom stereocenters. The average Bonchev–Trinajstić information content (AvgIpc) is 3.57. The van der Waals surface area contributed by atoms with Gasteiger partial charge in [-0.1, -0.05) is 12.1 Å². The van der Waals surface area contributed by atoms with E-state index in [1.807, 2.05) is 42.5 Å². The van der Waals surface area contributed by atoms with Crippen molar-refractivity contribution in [2.75, 3.05) is 39.6 Å². The van der Waals surface area contributed by atoms with Gasteiger partial charge in [-0.3, -0.25) is 0 Å². The summed E-state index contributed by atoms with van der Waals surface area (Å²) in [6.07, 6.45) is 0.674. The van der Waals surface area contributed by atoms with E-state index < -0.39 is 0 Å². The van der Waals surface area contributed by atoms with Gasteiger partial charge in [0.2, 0.25) is 0 Å². The van der Waals surface area contributed by atoms with Crippen LogP contribution in [-0.4, -0.2) is 58.0 Å². The molecule has 0 spiro atoms. The van der Waals surface area contributed by atoms with Crippen molar-refractivity contribution in [3.05, 3.63) is 42.5 Å². The lowest BCUT2D eigenvalue weighted by Gasteiger charge is -2.14. The van der Waals surface area contributed by atoms with Crippen molar-refractivity contribution in [3.63, 3.8) is 0 Å². The van der Waals surface area contributed by atoms with E-state index in [-0.39, 0.29) is 18.3 Å². The van der Waals surface area contributed by atoms with Crippen LogP contribution in [-0.2, 0) is 14.2 Å². The van der Waals surface area contributed by atoms with Crippen LogP contribution in [0.4, 0.5) is 0 Å². The maximum Gasteiger partial charge on any atom is 0.130 e. The van der Waals surface area contributed by atoms with E-state index in [1.54, 1.807) is 0 Å². The van der Waals surface area contributed by atoms with Gasteiger partial charge < -0.3 is 28.4 Å². The van der Waals surface area contributed by atoms with Crippen molar-refractivity contribution in [2.45, 2.75) is 18.3 Å². The molecule has 0 bridgehead atoms. The first-order chi connectivity index (χ1) is 13.3. The topological polar surface area (TPSA) is 65.3 Å². The van der Waals surface area contributed by atoms with Crippen LogP contribution in [0.25, 0.3) is 11.1 Å². The summed E-state index contributed by atoms with van der Waals surface area (Å²) in [5, 5.41) is 0. The predicted octanol–water partition coefficient (Wildman–Crippen LogP) is 2.69. The third-order valence-corrected chi connectivity index (χ3v) is 4.62. The molecule has 5 rings (SSSR count). The molecule has 0 N–H and O–H groups in total. The molecule has 0 aliphatic carbocycles. The first-order valence-corrected chi connectivity index (χ1v) is 9.31. The fourth-order valence-electron chi connectivity index (χ4n) is 2.73. The molecule has 3 saturated heterocycles. The zero-order valence-electron chi connectivity index (χ0n) is 15.0. The first-order valence-electron chi connectivity index (χ1n) is 9.31. The van der Waals surface area contributed by atoms with Crippen molar-refractivity contribution in [3.8, 4) is 28.4 Å². The standard InChI is InChI=1S/C21H22O6/c1-3-15(22-8-17-10-24-17)4-2-14(1)20-6-5-16(23-9-18-11-25-18)7-21(20)27-13-19-12-26-19/h1-7,17-19H,8-13H2. The summed E-state index contributed by atoms with van der Waals surface area (Å²) in [6, 6.07) is 14.0. The zero-order valence-corrected chi connectivity index (χ0v) is 15.0. The van der Waals surface area contributed by atoms with E-state index in [4.69, 9.17) is 28.4 Å². The van der Waals surface area contributed by atoms with Crippen molar-refractivity contribution in [1.29, 1.82) is 0 Å². The maximum atomic E-state index is 6.01. The van der Waals surface area contributed by atoms with Crippen molar-refractivity contribution < 1.29 is 28.4 Å². The molecule has 0 radical (unpaired) electrons. The Bertz CT molecular complexity index is 778. The van der Waals surface area contributed by atoms with Gasteiger partial charge in [0.1, 0.15) is 55.4 Å². The largest absolute Gasteiger partial charge is 0.491 e. The summed E-state index contributed by atoms with van der Waals surface area (Å²) in [5.74, 6) is 2.41. The van der Waals surface area contributed by atoms with E-state index in [1.165, 1.54) is 0 Å². The SMILES string of the molecule is c1cc(-c2ccc(OCC3CO3)cc2OCC2CO2)ccc1OCC1CO1. The van der Waals surface area contributed by atoms with Crippen LogP contribution < -0.4 is 14.2 Å². The molecule has 3 unspecified atom stereocenters. The molecule has 27 heavy (non-hydrogen) atoms. The highest BCUT2D eigenvalue weighted by molar-refractivity contribution is 5.72. The summed E-state index contributed by atoms with van der Waals surface area (Å²) in [5.41, 5.74) is 2.08. The molecular formula is C21H22O6. The molecule has 0 aromatic heterocycles. The van der Waals surface area contributed by atoms with Gasteiger partial charge in [0.05, 0.1) is 19.8 Å². The summed E-state index contributed by atoms with van der Waals surface area (Å²) < 4.78 is 33.1. The Morgan fingerprint density at radius 1 is 0.667 bits per heavy atom. The van der Waals surface area contributed by atoms with Gasteiger partial charge in [-0.2, -0.15) is 0 Å². The summed E-state index contributed by atoms with van der Waals surface area (Å²) >= 11 is 0. The smallest absolute Gasteiger partial charge is 0.130 e. The molecule has 6 heteroatoms. The molecule has 142 valence electrons. The summed E-state index contributed by atoms with van der Waals surface area (Å²) in [7, 11) is 0. The summed E-state index contributed by atoms with van der Waals surface area (Å²) in [4.78, 5) is 0. The molecule has 3 aliphatic heterocycles. The Balaban J connectivity index is 1.31. The third kappa shape index (κ3) is 4.71. The minimum absolute atomic E-state index is 0.197. The van der Waals surface area contributed by atoms with Crippen LogP contribution in [0.3, 0.4) is 0 Å². The lowest BCUT2D eigenvalue weighted by molar-refractivity contribution is 0.253. The monoisotopic (exact) mass is 370 g/mol. The number of ether oxygens (including phenoxy) is 6. The number of hydrogen-bond acceptors (Lipinski definition) is 6. The molecule has 6 nitrogen and oxygen atoms in total. The second-order valence-corrected chi connectivity index (χ2v) is 6.98. The Morgan fingerprint density at radius 2 is 1.19 bits per heavy atom. The molecular weight excluding hydrogens is 348 g/mol. The van der Waals surface area contributed by atoms with Crippen LogP contribution in [0.5, 0.6) is 17.2 Å². The molecule has 0 saturated carbocycles. The molecule has 2 aromatic carbocycles. The Kier molecular flexibility index (Phi) is 4.61. The van der Waals surface area contributed by atoms with Gasteiger partial charge in [-0.15, -0.1) is 0 Å². The van der Waals surface area contributed by atoms with E-state index in [0.29, 0.717) is 19.8 Å². The number of rotatable bonds is 10. The number of epoxide rings is 3. The van der Waals surface area contributed by atoms with Gasteiger partial charge in [0.15, 0.2) is 0 Å². The fourth-order valence-corrected chi connectivity index (χ4v) is 2.73. The van der Waals surface area contributed by atoms with E-state index >= 15 is 0 Å². The van der Waals surface area contributed by atoms with Crippen LogP contribution in [0.2, 0.25) is 0 Å². The molecule has 3 fully saturated rings. The van der Waals surface area contributed by atoms with Gasteiger partial charge in [0.25, 0.3) is 0 Å². The molecule has 3 heterocycles. The van der Waals surface area contributed by atoms with Gasteiger partial charge >= 0.3 is 0 Å². The van der Waals surface area contributed by atoms with E-state index in [2.05, 4.69) is 0 Å². The van der Waals surface area contributed by atoms with Crippen LogP contribution in [0.1, 0.15) is 0 Å². The van der Waals surface area contributed by atoms with E-state index in [9.17, 15) is 0 Å². The van der Waals surface area contributed by atoms with Crippen molar-refractivity contribution >= 4 is 0 Å². The third-order valence-electron chi connectivity index (χ3n) is 4.62. The lowest BCUT2D eigenvalue weighted by Crippen LogP contribution is -2.07. The lowest BCUT2D eigenvalue weighted by atomic mass is 10.0. The maximum absolute atomic E-state index is 6.01. The summed E-state index contributed by atoms with van der Waals surface area (Å²) in [6.45, 7) is 4.06. The van der Waals surface area contributed by atoms with Gasteiger partial charge in [-0.25, -0.2) is 0 Å². The predicted molar refractivity (Wildman–Crippen MR) is 97.6 cm³/mol. The Labute approximate surface area is 157 Å². The number of hydrogen-bond donors (Lipinski definition) is 0. The first kappa shape index (κ1) is 16.9. The Morgan fingerprint density at radius 3 is 1.78 bits per heavy atom. The zero-order chi connectivity index (χ0) is 18.1.